The van der Waals surface area contributed by atoms with Crippen LogP contribution in [-0.2, 0) is 5.41 Å². The first-order valence-corrected chi connectivity index (χ1v) is 7.39. The van der Waals surface area contributed by atoms with Crippen molar-refractivity contribution in [3.63, 3.8) is 0 Å². The van der Waals surface area contributed by atoms with Gasteiger partial charge in [0.05, 0.1) is 0 Å². The lowest BCUT2D eigenvalue weighted by Crippen LogP contribution is -2.57. The monoisotopic (exact) mass is 277 g/mol. The molecule has 3 aliphatic heterocycles. The number of aromatic amines is 1. The van der Waals surface area contributed by atoms with E-state index >= 15 is 0 Å². The normalized spacial score (nSPS) is 29.4. The van der Waals surface area contributed by atoms with Crippen LogP contribution in [0.5, 0.6) is 0 Å². The molecule has 1 amide bonds. The number of aromatic nitrogens is 3. The standard InChI is InChI=1S/C14H23N5O/c1-14(2,3)13-16-11(17-18-13)12(20)15-10-8-19-6-4-9(10)5-7-19/h9-10H,4-8H2,1-3H3,(H,15,20)(H,16,17,18). The molecule has 0 aliphatic carbocycles. The van der Waals surface area contributed by atoms with Crippen LogP contribution in [0.2, 0.25) is 0 Å². The van der Waals surface area contributed by atoms with Crippen molar-refractivity contribution in [1.29, 1.82) is 0 Å². The zero-order chi connectivity index (χ0) is 14.3. The minimum absolute atomic E-state index is 0.124. The van der Waals surface area contributed by atoms with Gasteiger partial charge in [-0.05, 0) is 31.8 Å². The van der Waals surface area contributed by atoms with Crippen molar-refractivity contribution in [3.8, 4) is 0 Å². The number of nitrogens with one attached hydrogen (secondary N) is 2. The first kappa shape index (κ1) is 13.5. The van der Waals surface area contributed by atoms with E-state index in [2.05, 4.69) is 25.4 Å². The van der Waals surface area contributed by atoms with Crippen molar-refractivity contribution in [2.75, 3.05) is 19.6 Å². The Hall–Kier alpha value is -1.43. The summed E-state index contributed by atoms with van der Waals surface area (Å²) in [5, 5.41) is 10.0. The van der Waals surface area contributed by atoms with E-state index in [-0.39, 0.29) is 23.2 Å². The number of hydrogen-bond acceptors (Lipinski definition) is 4. The number of H-pyrrole nitrogens is 1. The Balaban J connectivity index is 1.66. The minimum atomic E-state index is -0.157. The summed E-state index contributed by atoms with van der Waals surface area (Å²) in [4.78, 5) is 19.0. The minimum Gasteiger partial charge on any atom is -0.345 e. The number of carbonyl (C=O) groups excluding carboxylic acids is 1. The third-order valence-corrected chi connectivity index (χ3v) is 4.37. The fourth-order valence-corrected chi connectivity index (χ4v) is 3.06. The van der Waals surface area contributed by atoms with Gasteiger partial charge in [-0.25, -0.2) is 4.98 Å². The largest absolute Gasteiger partial charge is 0.345 e. The van der Waals surface area contributed by atoms with Gasteiger partial charge in [-0.3, -0.25) is 9.89 Å². The van der Waals surface area contributed by atoms with Crippen LogP contribution in [0.25, 0.3) is 0 Å². The maximum absolute atomic E-state index is 12.3. The Labute approximate surface area is 119 Å². The van der Waals surface area contributed by atoms with Crippen LogP contribution in [0.4, 0.5) is 0 Å². The Morgan fingerprint density at radius 2 is 2.05 bits per heavy atom. The Bertz CT molecular complexity index is 496. The Kier molecular flexibility index (Phi) is 3.28. The highest BCUT2D eigenvalue weighted by Crippen LogP contribution is 2.27. The van der Waals surface area contributed by atoms with Crippen LogP contribution < -0.4 is 5.32 Å². The zero-order valence-electron chi connectivity index (χ0n) is 12.4. The maximum atomic E-state index is 12.3. The molecule has 110 valence electrons. The molecule has 6 heteroatoms. The Morgan fingerprint density at radius 1 is 1.35 bits per heavy atom. The summed E-state index contributed by atoms with van der Waals surface area (Å²) in [5.74, 6) is 1.46. The molecule has 1 aromatic rings. The van der Waals surface area contributed by atoms with Gasteiger partial charge < -0.3 is 10.2 Å². The van der Waals surface area contributed by atoms with Gasteiger partial charge >= 0.3 is 0 Å². The molecule has 1 unspecified atom stereocenters. The van der Waals surface area contributed by atoms with Gasteiger partial charge in [0.1, 0.15) is 5.82 Å². The SMILES string of the molecule is CC(C)(C)c1nc(C(=O)NC2CN3CCC2CC3)n[nH]1. The molecule has 3 fully saturated rings. The average Bonchev–Trinajstić information content (AvgIpc) is 2.89. The summed E-state index contributed by atoms with van der Waals surface area (Å²) >= 11 is 0. The van der Waals surface area contributed by atoms with Gasteiger partial charge in [-0.1, -0.05) is 20.8 Å². The first-order valence-electron chi connectivity index (χ1n) is 7.39. The number of hydrogen-bond donors (Lipinski definition) is 2. The van der Waals surface area contributed by atoms with Crippen molar-refractivity contribution < 1.29 is 4.79 Å². The molecule has 1 atom stereocenters. The summed E-state index contributed by atoms with van der Waals surface area (Å²) in [7, 11) is 0. The van der Waals surface area contributed by atoms with Crippen molar-refractivity contribution in [2.24, 2.45) is 5.92 Å². The molecule has 2 N–H and O–H groups in total. The zero-order valence-corrected chi connectivity index (χ0v) is 12.4. The molecule has 2 bridgehead atoms. The molecule has 0 aromatic carbocycles. The van der Waals surface area contributed by atoms with E-state index < -0.39 is 0 Å². The quantitative estimate of drug-likeness (QED) is 0.843. The van der Waals surface area contributed by atoms with Gasteiger partial charge in [0.15, 0.2) is 0 Å². The van der Waals surface area contributed by atoms with Crippen LogP contribution in [0.15, 0.2) is 0 Å². The van der Waals surface area contributed by atoms with E-state index in [4.69, 9.17) is 0 Å². The molecule has 3 saturated heterocycles. The molecular weight excluding hydrogens is 254 g/mol. The van der Waals surface area contributed by atoms with Gasteiger partial charge in [0, 0.05) is 18.0 Å². The van der Waals surface area contributed by atoms with E-state index in [9.17, 15) is 4.79 Å². The van der Waals surface area contributed by atoms with Crippen LogP contribution in [0.1, 0.15) is 50.1 Å². The topological polar surface area (TPSA) is 73.9 Å². The molecule has 3 aliphatic rings. The van der Waals surface area contributed by atoms with E-state index in [1.54, 1.807) is 0 Å². The van der Waals surface area contributed by atoms with E-state index in [1.807, 2.05) is 20.8 Å². The van der Waals surface area contributed by atoms with Gasteiger partial charge in [-0.2, -0.15) is 0 Å². The molecule has 4 heterocycles. The highest BCUT2D eigenvalue weighted by molar-refractivity contribution is 5.90. The average molecular weight is 277 g/mol. The van der Waals surface area contributed by atoms with Crippen molar-refractivity contribution in [3.05, 3.63) is 11.6 Å². The lowest BCUT2D eigenvalue weighted by atomic mass is 9.84. The molecule has 4 rings (SSSR count). The summed E-state index contributed by atoms with van der Waals surface area (Å²) in [5.41, 5.74) is -0.124. The van der Waals surface area contributed by atoms with E-state index in [0.29, 0.717) is 5.92 Å². The molecule has 6 nitrogen and oxygen atoms in total. The molecular formula is C14H23N5O. The third-order valence-electron chi connectivity index (χ3n) is 4.37. The van der Waals surface area contributed by atoms with Gasteiger partial charge in [0.25, 0.3) is 5.91 Å². The number of nitrogens with zero attached hydrogens (tertiary/aromatic N) is 3. The summed E-state index contributed by atoms with van der Waals surface area (Å²) in [6.07, 6.45) is 2.37. The van der Waals surface area contributed by atoms with Crippen LogP contribution in [0, 0.1) is 5.92 Å². The van der Waals surface area contributed by atoms with Crippen molar-refractivity contribution >= 4 is 5.91 Å². The van der Waals surface area contributed by atoms with Gasteiger partial charge in [0.2, 0.25) is 5.82 Å². The lowest BCUT2D eigenvalue weighted by Gasteiger charge is -2.44. The second kappa shape index (κ2) is 4.84. The van der Waals surface area contributed by atoms with E-state index in [0.717, 1.165) is 12.4 Å². The molecule has 1 aromatic heterocycles. The Morgan fingerprint density at radius 3 is 2.55 bits per heavy atom. The van der Waals surface area contributed by atoms with E-state index in [1.165, 1.54) is 25.9 Å². The molecule has 0 radical (unpaired) electrons. The smallest absolute Gasteiger partial charge is 0.291 e. The number of amides is 1. The van der Waals surface area contributed by atoms with Crippen molar-refractivity contribution in [1.82, 2.24) is 25.4 Å². The fraction of sp³-hybridized carbons (Fsp3) is 0.786. The second-order valence-electron chi connectivity index (χ2n) is 6.98. The summed E-state index contributed by atoms with van der Waals surface area (Å²) in [6, 6.07) is 0.251. The van der Waals surface area contributed by atoms with Crippen LogP contribution in [-0.4, -0.2) is 51.7 Å². The highest BCUT2D eigenvalue weighted by Gasteiger charge is 2.35. The van der Waals surface area contributed by atoms with Crippen molar-refractivity contribution in [2.45, 2.75) is 45.1 Å². The first-order chi connectivity index (χ1) is 9.43. The van der Waals surface area contributed by atoms with Crippen LogP contribution in [0.3, 0.4) is 0 Å². The number of fused-ring (bicyclic) bond motifs is 3. The molecule has 0 saturated carbocycles. The third kappa shape index (κ3) is 2.57. The summed E-state index contributed by atoms with van der Waals surface area (Å²) in [6.45, 7) is 9.44. The molecule has 0 spiro atoms. The fourth-order valence-electron chi connectivity index (χ4n) is 3.06. The molecule has 20 heavy (non-hydrogen) atoms. The number of rotatable bonds is 2. The summed E-state index contributed by atoms with van der Waals surface area (Å²) < 4.78 is 0. The predicted octanol–water partition coefficient (Wildman–Crippen LogP) is 0.926. The highest BCUT2D eigenvalue weighted by atomic mass is 16.2. The number of piperidine rings is 3. The maximum Gasteiger partial charge on any atom is 0.291 e. The van der Waals surface area contributed by atoms with Gasteiger partial charge in [-0.15, -0.1) is 5.10 Å². The predicted molar refractivity (Wildman–Crippen MR) is 75.5 cm³/mol. The number of carbonyl (C=O) groups is 1. The lowest BCUT2D eigenvalue weighted by molar-refractivity contribution is 0.0615. The van der Waals surface area contributed by atoms with Crippen LogP contribution >= 0.6 is 0 Å². The second-order valence-corrected chi connectivity index (χ2v) is 6.98.